The van der Waals surface area contributed by atoms with Gasteiger partial charge in [-0.2, -0.15) is 0 Å². The first-order valence-corrected chi connectivity index (χ1v) is 17.9. The van der Waals surface area contributed by atoms with E-state index in [0.29, 0.717) is 0 Å². The summed E-state index contributed by atoms with van der Waals surface area (Å²) in [5.74, 6) is 1.62. The Morgan fingerprint density at radius 3 is 1.26 bits per heavy atom. The van der Waals surface area contributed by atoms with Gasteiger partial charge < -0.3 is 0 Å². The van der Waals surface area contributed by atoms with Crippen molar-refractivity contribution in [2.45, 2.75) is 214 Å². The molecule has 1 rings (SSSR count). The van der Waals surface area contributed by atoms with Gasteiger partial charge in [-0.15, -0.1) is 0 Å². The minimum absolute atomic E-state index is 1.23. The van der Waals surface area contributed by atoms with Gasteiger partial charge in [0.2, 0.25) is 0 Å². The molecule has 0 spiro atoms. The van der Waals surface area contributed by atoms with E-state index < -0.39 is 0 Å². The van der Waals surface area contributed by atoms with Gasteiger partial charge in [-0.1, -0.05) is 162 Å². The molecule has 0 unspecified atom stereocenters. The quantitative estimate of drug-likeness (QED) is 0.0689. The summed E-state index contributed by atoms with van der Waals surface area (Å²) in [7, 11) is 0. The largest absolute Gasteiger partial charge is 0.256 e. The van der Waals surface area contributed by atoms with Crippen molar-refractivity contribution >= 4 is 0 Å². The van der Waals surface area contributed by atoms with Crippen LogP contribution in [0.5, 0.6) is 0 Å². The van der Waals surface area contributed by atoms with Gasteiger partial charge >= 0.3 is 0 Å². The molecule has 0 saturated carbocycles. The molecule has 2 heteroatoms. The predicted molar refractivity (Wildman–Crippen MR) is 170 cm³/mol. The maximum absolute atomic E-state index is 2.62. The Kier molecular flexibility index (Phi) is 25.7. The van der Waals surface area contributed by atoms with Gasteiger partial charge in [0.05, 0.1) is 13.1 Å². The highest BCUT2D eigenvalue weighted by atomic mass is 15.1. The Balaban J connectivity index is 2.31. The van der Waals surface area contributed by atoms with E-state index in [-0.39, 0.29) is 0 Å². The lowest BCUT2D eigenvalue weighted by Gasteiger charge is -2.07. The van der Waals surface area contributed by atoms with Crippen LogP contribution < -0.4 is 4.57 Å². The van der Waals surface area contributed by atoms with Gasteiger partial charge in [0.15, 0.2) is 0 Å². The summed E-state index contributed by atoms with van der Waals surface area (Å²) in [5, 5.41) is 0. The van der Waals surface area contributed by atoms with Crippen molar-refractivity contribution in [3.63, 3.8) is 0 Å². The molecule has 0 bridgehead atoms. The van der Waals surface area contributed by atoms with E-state index in [1.807, 2.05) is 0 Å². The molecular weight excluding hydrogens is 460 g/mol. The number of imidazole rings is 1. The molecule has 0 N–H and O–H groups in total. The first-order chi connectivity index (χ1) is 18.8. The van der Waals surface area contributed by atoms with Crippen LogP contribution in [0.4, 0.5) is 0 Å². The molecule has 0 amide bonds. The molecule has 0 aromatic carbocycles. The van der Waals surface area contributed by atoms with Gasteiger partial charge in [0.25, 0.3) is 5.82 Å². The third-order valence-corrected chi connectivity index (χ3v) is 8.60. The summed E-state index contributed by atoms with van der Waals surface area (Å²) in [5.41, 5.74) is 0. The monoisotopic (exact) mass is 532 g/mol. The first kappa shape index (κ1) is 35.2. The van der Waals surface area contributed by atoms with E-state index in [9.17, 15) is 0 Å². The lowest BCUT2D eigenvalue weighted by atomic mass is 10.1. The van der Waals surface area contributed by atoms with Gasteiger partial charge in [0, 0.05) is 6.42 Å². The van der Waals surface area contributed by atoms with E-state index in [1.54, 1.807) is 5.82 Å². The van der Waals surface area contributed by atoms with Crippen LogP contribution in [-0.4, -0.2) is 4.57 Å². The maximum atomic E-state index is 2.62. The molecule has 1 aromatic heterocycles. The number of hydrogen-bond acceptors (Lipinski definition) is 0. The van der Waals surface area contributed by atoms with E-state index in [0.717, 1.165) is 0 Å². The fourth-order valence-electron chi connectivity index (χ4n) is 5.97. The zero-order chi connectivity index (χ0) is 27.4. The lowest BCUT2D eigenvalue weighted by Crippen LogP contribution is -2.37. The van der Waals surface area contributed by atoms with Gasteiger partial charge in [-0.3, -0.25) is 0 Å². The van der Waals surface area contributed by atoms with Gasteiger partial charge in [-0.25, -0.2) is 9.13 Å². The van der Waals surface area contributed by atoms with Crippen LogP contribution in [0.3, 0.4) is 0 Å². The van der Waals surface area contributed by atoms with Crippen molar-refractivity contribution < 1.29 is 4.57 Å². The van der Waals surface area contributed by atoms with Crippen LogP contribution in [0.25, 0.3) is 0 Å². The predicted octanol–water partition coefficient (Wildman–Crippen LogP) is 11.9. The number of hydrogen-bond donors (Lipinski definition) is 0. The molecule has 38 heavy (non-hydrogen) atoms. The van der Waals surface area contributed by atoms with Crippen molar-refractivity contribution in [1.29, 1.82) is 0 Å². The number of unbranched alkanes of at least 4 members (excludes halogenated alkanes) is 24. The maximum Gasteiger partial charge on any atom is 0.256 e. The summed E-state index contributed by atoms with van der Waals surface area (Å²) in [4.78, 5) is 0. The normalized spacial score (nSPS) is 11.6. The minimum Gasteiger partial charge on any atom is -0.234 e. The van der Waals surface area contributed by atoms with Crippen molar-refractivity contribution in [1.82, 2.24) is 4.57 Å². The molecule has 2 nitrogen and oxygen atoms in total. The Labute approximate surface area is 240 Å². The third-order valence-electron chi connectivity index (χ3n) is 8.60. The summed E-state index contributed by atoms with van der Waals surface area (Å²) in [6, 6.07) is 0. The van der Waals surface area contributed by atoms with Crippen LogP contribution in [0.15, 0.2) is 12.4 Å². The molecule has 1 heterocycles. The van der Waals surface area contributed by atoms with Crippen LogP contribution in [-0.2, 0) is 19.5 Å². The fourth-order valence-corrected chi connectivity index (χ4v) is 5.97. The molecular formula is C36H71N2+. The standard InChI is InChI=1S/C36H71N2/c1-4-7-10-13-16-18-20-21-23-25-28-31-36-37(32-29-26-15-12-9-6-3)34-35-38(36)33-30-27-24-22-19-17-14-11-8-5-2/h34-35H,4-33H2,1-3H3/q+1. The highest BCUT2D eigenvalue weighted by Gasteiger charge is 2.16. The lowest BCUT2D eigenvalue weighted by molar-refractivity contribution is -0.704. The van der Waals surface area contributed by atoms with Crippen molar-refractivity contribution in [3.8, 4) is 0 Å². The molecule has 0 radical (unpaired) electrons. The smallest absolute Gasteiger partial charge is 0.234 e. The summed E-state index contributed by atoms with van der Waals surface area (Å²) in [6.07, 6.45) is 44.4. The molecule has 0 saturated heterocycles. The number of rotatable bonds is 30. The highest BCUT2D eigenvalue weighted by Crippen LogP contribution is 2.14. The van der Waals surface area contributed by atoms with Crippen LogP contribution in [0.1, 0.15) is 200 Å². The fraction of sp³-hybridized carbons (Fsp3) is 0.917. The molecule has 0 aliphatic rings. The molecule has 0 fully saturated rings. The van der Waals surface area contributed by atoms with Crippen LogP contribution in [0.2, 0.25) is 0 Å². The second-order valence-corrected chi connectivity index (χ2v) is 12.3. The van der Waals surface area contributed by atoms with Crippen LogP contribution in [0, 0.1) is 0 Å². The molecule has 224 valence electrons. The number of nitrogens with zero attached hydrogens (tertiary/aromatic N) is 2. The first-order valence-electron chi connectivity index (χ1n) is 17.9. The van der Waals surface area contributed by atoms with E-state index in [2.05, 4.69) is 42.3 Å². The van der Waals surface area contributed by atoms with E-state index in [4.69, 9.17) is 0 Å². The summed E-state index contributed by atoms with van der Waals surface area (Å²) >= 11 is 0. The second-order valence-electron chi connectivity index (χ2n) is 12.3. The van der Waals surface area contributed by atoms with Crippen molar-refractivity contribution in [2.24, 2.45) is 0 Å². The van der Waals surface area contributed by atoms with Crippen LogP contribution >= 0.6 is 0 Å². The van der Waals surface area contributed by atoms with Gasteiger partial charge in [0.1, 0.15) is 12.4 Å². The highest BCUT2D eigenvalue weighted by molar-refractivity contribution is 4.84. The number of aryl methyl sites for hydroxylation is 2. The SMILES string of the molecule is CCCCCCCCCCCCCc1n(CCCCCCCC)cc[n+]1CCCCCCCCCCCC. The Morgan fingerprint density at radius 1 is 0.447 bits per heavy atom. The average molecular weight is 532 g/mol. The van der Waals surface area contributed by atoms with E-state index in [1.165, 1.54) is 193 Å². The minimum atomic E-state index is 1.23. The Morgan fingerprint density at radius 2 is 0.816 bits per heavy atom. The van der Waals surface area contributed by atoms with Gasteiger partial charge in [-0.05, 0) is 32.1 Å². The summed E-state index contributed by atoms with van der Waals surface area (Å²) in [6.45, 7) is 9.39. The average Bonchev–Trinajstić information content (AvgIpc) is 3.31. The zero-order valence-corrected chi connectivity index (χ0v) is 26.8. The second kappa shape index (κ2) is 27.8. The zero-order valence-electron chi connectivity index (χ0n) is 26.8. The van der Waals surface area contributed by atoms with Crippen molar-refractivity contribution in [2.75, 3.05) is 0 Å². The molecule has 1 aromatic rings. The molecule has 0 aliphatic heterocycles. The van der Waals surface area contributed by atoms with E-state index >= 15 is 0 Å². The Hall–Kier alpha value is -0.790. The third kappa shape index (κ3) is 20.2. The van der Waals surface area contributed by atoms with Crippen molar-refractivity contribution in [3.05, 3.63) is 18.2 Å². The molecule has 0 aliphatic carbocycles. The molecule has 0 atom stereocenters. The Bertz CT molecular complexity index is 590. The topological polar surface area (TPSA) is 8.81 Å². The number of aromatic nitrogens is 2. The summed E-state index contributed by atoms with van der Waals surface area (Å²) < 4.78 is 5.24.